The number of anilines is 1. The lowest BCUT2D eigenvalue weighted by molar-refractivity contribution is -0.177. The molecule has 0 spiro atoms. The molecule has 1 aromatic carbocycles. The van der Waals surface area contributed by atoms with Crippen LogP contribution < -0.4 is 4.90 Å². The van der Waals surface area contributed by atoms with E-state index in [0.29, 0.717) is 12.2 Å². The van der Waals surface area contributed by atoms with Crippen LogP contribution in [0, 0.1) is 6.92 Å². The highest BCUT2D eigenvalue weighted by molar-refractivity contribution is 6.00. The predicted molar refractivity (Wildman–Crippen MR) is 76.5 cm³/mol. The maximum absolute atomic E-state index is 12.5. The number of hydrogen-bond donors (Lipinski definition) is 1. The molecule has 7 nitrogen and oxygen atoms in total. The lowest BCUT2D eigenvalue weighted by Gasteiger charge is -2.34. The molecule has 2 atom stereocenters. The van der Waals surface area contributed by atoms with Crippen LogP contribution in [-0.4, -0.2) is 48.3 Å². The number of benzene rings is 1. The van der Waals surface area contributed by atoms with Crippen LogP contribution >= 0.6 is 0 Å². The average Bonchev–Trinajstić information content (AvgIpc) is 2.46. The smallest absolute Gasteiger partial charge is 0.348 e. The number of carboxylic acids is 1. The van der Waals surface area contributed by atoms with Crippen LogP contribution in [-0.2, 0) is 23.9 Å². The molecule has 118 valence electrons. The van der Waals surface area contributed by atoms with E-state index >= 15 is 0 Å². The van der Waals surface area contributed by atoms with Gasteiger partial charge in [0.1, 0.15) is 0 Å². The predicted octanol–water partition coefficient (Wildman–Crippen LogP) is 0.743. The highest BCUT2D eigenvalue weighted by Crippen LogP contribution is 2.22. The Morgan fingerprint density at radius 2 is 2.00 bits per heavy atom. The maximum Gasteiger partial charge on any atom is 0.348 e. The maximum atomic E-state index is 12.5. The summed E-state index contributed by atoms with van der Waals surface area (Å²) in [6, 6.07) is 7.26. The quantitative estimate of drug-likeness (QED) is 0.825. The van der Waals surface area contributed by atoms with Gasteiger partial charge < -0.3 is 19.5 Å². The number of aryl methyl sites for hydroxylation is 1. The summed E-state index contributed by atoms with van der Waals surface area (Å²) < 4.78 is 9.95. The van der Waals surface area contributed by atoms with Crippen LogP contribution in [0.15, 0.2) is 24.3 Å². The number of carbonyl (C=O) groups is 3. The number of aliphatic carboxylic acids is 1. The molecule has 0 radical (unpaired) electrons. The summed E-state index contributed by atoms with van der Waals surface area (Å²) >= 11 is 0. The Hall–Kier alpha value is -2.41. The number of esters is 1. The molecule has 0 aromatic heterocycles. The van der Waals surface area contributed by atoms with Gasteiger partial charge in [0.05, 0.1) is 6.61 Å². The molecule has 1 N–H and O–H groups in total. The Labute approximate surface area is 127 Å². The molecule has 1 amide bonds. The van der Waals surface area contributed by atoms with E-state index in [1.165, 1.54) is 4.90 Å². The van der Waals surface area contributed by atoms with E-state index in [1.54, 1.807) is 12.1 Å². The molecule has 0 aliphatic carbocycles. The monoisotopic (exact) mass is 307 g/mol. The number of carbonyl (C=O) groups excluding carboxylic acids is 2. The molecule has 22 heavy (non-hydrogen) atoms. The number of carboxylic acid groups (broad SMARTS) is 1. The van der Waals surface area contributed by atoms with E-state index in [4.69, 9.17) is 14.6 Å². The third-order valence-corrected chi connectivity index (χ3v) is 3.28. The van der Waals surface area contributed by atoms with Gasteiger partial charge in [-0.05, 0) is 19.1 Å². The third-order valence-electron chi connectivity index (χ3n) is 3.28. The number of amides is 1. The van der Waals surface area contributed by atoms with Gasteiger partial charge in [-0.1, -0.05) is 17.7 Å². The standard InChI is InChI=1S/C15H17NO6/c1-9-3-5-11(6-4-9)16-7-8-21-12(14(16)18)13(15(19)20)22-10(2)17/h3-6,12-13H,7-8H2,1-2H3,(H,19,20). The third kappa shape index (κ3) is 3.43. The van der Waals surface area contributed by atoms with E-state index in [9.17, 15) is 14.4 Å². The Morgan fingerprint density at radius 3 is 2.55 bits per heavy atom. The molecular formula is C15H17NO6. The van der Waals surface area contributed by atoms with Crippen LogP contribution in [0.5, 0.6) is 0 Å². The SMILES string of the molecule is CC(=O)OC(C(=O)O)C1OCCN(c2ccc(C)cc2)C1=O. The van der Waals surface area contributed by atoms with Gasteiger partial charge >= 0.3 is 11.9 Å². The summed E-state index contributed by atoms with van der Waals surface area (Å²) in [7, 11) is 0. The van der Waals surface area contributed by atoms with Crippen molar-refractivity contribution in [2.75, 3.05) is 18.1 Å². The second kappa shape index (κ2) is 6.57. The highest BCUT2D eigenvalue weighted by Gasteiger charge is 2.42. The molecule has 7 heteroatoms. The van der Waals surface area contributed by atoms with Crippen molar-refractivity contribution in [3.63, 3.8) is 0 Å². The van der Waals surface area contributed by atoms with Gasteiger partial charge in [-0.25, -0.2) is 4.79 Å². The van der Waals surface area contributed by atoms with Gasteiger partial charge in [0.15, 0.2) is 6.10 Å². The van der Waals surface area contributed by atoms with Crippen molar-refractivity contribution in [1.29, 1.82) is 0 Å². The number of nitrogens with zero attached hydrogens (tertiary/aromatic N) is 1. The van der Waals surface area contributed by atoms with Gasteiger partial charge in [0, 0.05) is 19.2 Å². The molecule has 0 saturated carbocycles. The molecule has 1 fully saturated rings. The van der Waals surface area contributed by atoms with Crippen molar-refractivity contribution < 1.29 is 29.0 Å². The van der Waals surface area contributed by atoms with E-state index in [2.05, 4.69) is 0 Å². The first-order chi connectivity index (χ1) is 10.4. The van der Waals surface area contributed by atoms with Gasteiger partial charge in [-0.15, -0.1) is 0 Å². The fourth-order valence-corrected chi connectivity index (χ4v) is 2.22. The molecule has 1 heterocycles. The van der Waals surface area contributed by atoms with Gasteiger partial charge in [0.25, 0.3) is 5.91 Å². The van der Waals surface area contributed by atoms with Crippen molar-refractivity contribution in [2.24, 2.45) is 0 Å². The summed E-state index contributed by atoms with van der Waals surface area (Å²) in [5.41, 5.74) is 1.69. The zero-order chi connectivity index (χ0) is 16.3. The minimum Gasteiger partial charge on any atom is -0.478 e. The second-order valence-electron chi connectivity index (χ2n) is 4.99. The summed E-state index contributed by atoms with van der Waals surface area (Å²) in [4.78, 5) is 36.2. The Bertz CT molecular complexity index is 582. The second-order valence-corrected chi connectivity index (χ2v) is 4.99. The molecule has 0 bridgehead atoms. The molecule has 2 rings (SSSR count). The highest BCUT2D eigenvalue weighted by atomic mass is 16.6. The number of ether oxygens (including phenoxy) is 2. The van der Waals surface area contributed by atoms with E-state index in [0.717, 1.165) is 12.5 Å². The molecule has 1 aliphatic heterocycles. The van der Waals surface area contributed by atoms with E-state index in [1.807, 2.05) is 19.1 Å². The zero-order valence-electron chi connectivity index (χ0n) is 12.3. The van der Waals surface area contributed by atoms with Crippen molar-refractivity contribution in [3.05, 3.63) is 29.8 Å². The van der Waals surface area contributed by atoms with Gasteiger partial charge in [-0.2, -0.15) is 0 Å². The van der Waals surface area contributed by atoms with Crippen LogP contribution in [0.1, 0.15) is 12.5 Å². The molecule has 1 aromatic rings. The largest absolute Gasteiger partial charge is 0.478 e. The van der Waals surface area contributed by atoms with Gasteiger partial charge in [0.2, 0.25) is 6.10 Å². The Kier molecular flexibility index (Phi) is 4.77. The summed E-state index contributed by atoms with van der Waals surface area (Å²) in [5, 5.41) is 9.16. The lowest BCUT2D eigenvalue weighted by Crippen LogP contribution is -2.55. The summed E-state index contributed by atoms with van der Waals surface area (Å²) in [6.07, 6.45) is -3.00. The first-order valence-corrected chi connectivity index (χ1v) is 6.80. The molecular weight excluding hydrogens is 290 g/mol. The van der Waals surface area contributed by atoms with Crippen molar-refractivity contribution in [1.82, 2.24) is 0 Å². The normalized spacial score (nSPS) is 19.6. The Balaban J connectivity index is 2.23. The first-order valence-electron chi connectivity index (χ1n) is 6.80. The van der Waals surface area contributed by atoms with Crippen molar-refractivity contribution in [3.8, 4) is 0 Å². The first kappa shape index (κ1) is 16.0. The molecule has 2 unspecified atom stereocenters. The topological polar surface area (TPSA) is 93.1 Å². The van der Waals surface area contributed by atoms with Crippen molar-refractivity contribution in [2.45, 2.75) is 26.1 Å². The minimum absolute atomic E-state index is 0.162. The lowest BCUT2D eigenvalue weighted by atomic mass is 10.1. The fraction of sp³-hybridized carbons (Fsp3) is 0.400. The summed E-state index contributed by atoms with van der Waals surface area (Å²) in [6.45, 7) is 3.48. The number of morpholine rings is 1. The van der Waals surface area contributed by atoms with Crippen LogP contribution in [0.3, 0.4) is 0 Å². The van der Waals surface area contributed by atoms with Crippen LogP contribution in [0.2, 0.25) is 0 Å². The Morgan fingerprint density at radius 1 is 1.36 bits per heavy atom. The number of hydrogen-bond acceptors (Lipinski definition) is 5. The zero-order valence-corrected chi connectivity index (χ0v) is 12.3. The average molecular weight is 307 g/mol. The minimum atomic E-state index is -1.65. The molecule has 1 aliphatic rings. The van der Waals surface area contributed by atoms with E-state index < -0.39 is 30.1 Å². The van der Waals surface area contributed by atoms with E-state index in [-0.39, 0.29) is 6.61 Å². The number of rotatable bonds is 4. The fourth-order valence-electron chi connectivity index (χ4n) is 2.22. The summed E-state index contributed by atoms with van der Waals surface area (Å²) in [5.74, 6) is -2.74. The van der Waals surface area contributed by atoms with Crippen LogP contribution in [0.4, 0.5) is 5.69 Å². The van der Waals surface area contributed by atoms with Gasteiger partial charge in [-0.3, -0.25) is 9.59 Å². The van der Waals surface area contributed by atoms with Crippen LogP contribution in [0.25, 0.3) is 0 Å². The van der Waals surface area contributed by atoms with Crippen molar-refractivity contribution >= 4 is 23.5 Å². The molecule has 1 saturated heterocycles.